The number of aliphatic hydroxyl groups is 1. The van der Waals surface area contributed by atoms with Gasteiger partial charge in [0, 0.05) is 25.6 Å². The van der Waals surface area contributed by atoms with E-state index in [9.17, 15) is 9.59 Å². The molecule has 0 aromatic rings. The Hall–Kier alpha value is -1.30. The summed E-state index contributed by atoms with van der Waals surface area (Å²) in [5.41, 5.74) is 0. The number of nitrogens with one attached hydrogen (secondary N) is 1. The molecule has 0 saturated carbocycles. The number of hydrogen-bond acceptors (Lipinski definition) is 3. The lowest BCUT2D eigenvalue weighted by atomic mass is 10.2. The maximum Gasteiger partial charge on any atom is 0.317 e. The number of amides is 2. The summed E-state index contributed by atoms with van der Waals surface area (Å²) in [4.78, 5) is 23.8. The Balaban J connectivity index is 4.10. The largest absolute Gasteiger partial charge is 0.481 e. The van der Waals surface area contributed by atoms with Crippen LogP contribution in [0.3, 0.4) is 0 Å². The highest BCUT2D eigenvalue weighted by Gasteiger charge is 2.15. The molecule has 106 valence electrons. The molecule has 2 amide bonds. The highest BCUT2D eigenvalue weighted by molar-refractivity contribution is 5.74. The Bertz CT molecular complexity index is 258. The molecule has 0 spiro atoms. The van der Waals surface area contributed by atoms with Crippen LogP contribution >= 0.6 is 0 Å². The molecule has 0 saturated heterocycles. The molecule has 0 aromatic heterocycles. The van der Waals surface area contributed by atoms with E-state index in [1.165, 1.54) is 0 Å². The molecule has 1 atom stereocenters. The topological polar surface area (TPSA) is 89.9 Å². The first kappa shape index (κ1) is 16.7. The zero-order valence-electron chi connectivity index (χ0n) is 11.2. The van der Waals surface area contributed by atoms with Crippen molar-refractivity contribution in [2.45, 2.75) is 45.6 Å². The number of aliphatic carboxylic acids is 1. The molecule has 0 radical (unpaired) electrons. The van der Waals surface area contributed by atoms with Gasteiger partial charge >= 0.3 is 12.0 Å². The molecule has 6 heteroatoms. The number of carbonyl (C=O) groups is 2. The van der Waals surface area contributed by atoms with Crippen molar-refractivity contribution in [1.29, 1.82) is 0 Å². The number of carboxylic acids is 1. The Labute approximate surface area is 108 Å². The van der Waals surface area contributed by atoms with Crippen LogP contribution in [-0.4, -0.2) is 52.9 Å². The van der Waals surface area contributed by atoms with E-state index in [4.69, 9.17) is 10.2 Å². The average Bonchev–Trinajstić information content (AvgIpc) is 2.31. The SMILES string of the molecule is CCCCN(CCO)C(=O)NC(C)CCC(=O)O. The van der Waals surface area contributed by atoms with Crippen molar-refractivity contribution >= 4 is 12.0 Å². The maximum atomic E-state index is 11.9. The van der Waals surface area contributed by atoms with Gasteiger partial charge in [-0.2, -0.15) is 0 Å². The van der Waals surface area contributed by atoms with Gasteiger partial charge in [0.05, 0.1) is 6.61 Å². The van der Waals surface area contributed by atoms with Crippen LogP contribution < -0.4 is 5.32 Å². The summed E-state index contributed by atoms with van der Waals surface area (Å²) in [6.07, 6.45) is 2.30. The highest BCUT2D eigenvalue weighted by atomic mass is 16.4. The molecule has 0 rings (SSSR count). The van der Waals surface area contributed by atoms with Crippen LogP contribution in [0.15, 0.2) is 0 Å². The van der Waals surface area contributed by atoms with Gasteiger partial charge in [-0.15, -0.1) is 0 Å². The Morgan fingerprint density at radius 1 is 1.33 bits per heavy atom. The van der Waals surface area contributed by atoms with Crippen molar-refractivity contribution in [1.82, 2.24) is 10.2 Å². The van der Waals surface area contributed by atoms with Crippen molar-refractivity contribution < 1.29 is 19.8 Å². The lowest BCUT2D eigenvalue weighted by Crippen LogP contribution is -2.45. The van der Waals surface area contributed by atoms with Crippen LogP contribution in [0.5, 0.6) is 0 Å². The summed E-state index contributed by atoms with van der Waals surface area (Å²) in [6.45, 7) is 4.65. The monoisotopic (exact) mass is 260 g/mol. The van der Waals surface area contributed by atoms with E-state index in [0.717, 1.165) is 12.8 Å². The maximum absolute atomic E-state index is 11.9. The molecule has 0 aromatic carbocycles. The van der Waals surface area contributed by atoms with Gasteiger partial charge in [-0.1, -0.05) is 13.3 Å². The molecule has 3 N–H and O–H groups in total. The van der Waals surface area contributed by atoms with E-state index in [-0.39, 0.29) is 25.1 Å². The third-order valence-electron chi connectivity index (χ3n) is 2.60. The predicted octanol–water partition coefficient (Wildman–Crippen LogP) is 1.04. The number of unbranched alkanes of at least 4 members (excludes halogenated alkanes) is 1. The van der Waals surface area contributed by atoms with Crippen molar-refractivity contribution in [3.05, 3.63) is 0 Å². The Morgan fingerprint density at radius 2 is 2.00 bits per heavy atom. The second kappa shape index (κ2) is 9.70. The fourth-order valence-corrected chi connectivity index (χ4v) is 1.50. The normalized spacial score (nSPS) is 11.9. The molecule has 0 heterocycles. The fraction of sp³-hybridized carbons (Fsp3) is 0.833. The minimum atomic E-state index is -0.866. The first-order valence-corrected chi connectivity index (χ1v) is 6.39. The molecule has 0 fully saturated rings. The van der Waals surface area contributed by atoms with Gasteiger partial charge in [-0.25, -0.2) is 4.79 Å². The van der Waals surface area contributed by atoms with Crippen LogP contribution in [0.2, 0.25) is 0 Å². The van der Waals surface area contributed by atoms with Crippen LogP contribution in [0.4, 0.5) is 4.79 Å². The number of hydrogen-bond donors (Lipinski definition) is 3. The lowest BCUT2D eigenvalue weighted by Gasteiger charge is -2.24. The van der Waals surface area contributed by atoms with Gasteiger partial charge in [-0.05, 0) is 19.8 Å². The van der Waals surface area contributed by atoms with E-state index >= 15 is 0 Å². The van der Waals surface area contributed by atoms with Gasteiger partial charge in [0.2, 0.25) is 0 Å². The van der Waals surface area contributed by atoms with Crippen molar-refractivity contribution in [3.8, 4) is 0 Å². The van der Waals surface area contributed by atoms with Gasteiger partial charge in [-0.3, -0.25) is 4.79 Å². The number of rotatable bonds is 9. The lowest BCUT2D eigenvalue weighted by molar-refractivity contribution is -0.137. The second-order valence-electron chi connectivity index (χ2n) is 4.35. The molecular formula is C12H24N2O4. The molecule has 0 aliphatic carbocycles. The van der Waals surface area contributed by atoms with Crippen LogP contribution in [0, 0.1) is 0 Å². The van der Waals surface area contributed by atoms with Gasteiger partial charge in [0.25, 0.3) is 0 Å². The van der Waals surface area contributed by atoms with Gasteiger partial charge in [0.1, 0.15) is 0 Å². The van der Waals surface area contributed by atoms with Crippen molar-refractivity contribution in [2.75, 3.05) is 19.7 Å². The predicted molar refractivity (Wildman–Crippen MR) is 68.4 cm³/mol. The van der Waals surface area contributed by atoms with E-state index in [2.05, 4.69) is 5.32 Å². The number of carboxylic acid groups (broad SMARTS) is 1. The number of urea groups is 1. The standard InChI is InChI=1S/C12H24N2O4/c1-3-4-7-14(8-9-15)12(18)13-10(2)5-6-11(16)17/h10,15H,3-9H2,1-2H3,(H,13,18)(H,16,17). The third kappa shape index (κ3) is 7.89. The van der Waals surface area contributed by atoms with E-state index in [1.807, 2.05) is 6.92 Å². The summed E-state index contributed by atoms with van der Waals surface area (Å²) in [5, 5.41) is 20.2. The van der Waals surface area contributed by atoms with Crippen LogP contribution in [0.1, 0.15) is 39.5 Å². The Kier molecular flexibility index (Phi) is 9.00. The minimum Gasteiger partial charge on any atom is -0.481 e. The Morgan fingerprint density at radius 3 is 2.50 bits per heavy atom. The first-order valence-electron chi connectivity index (χ1n) is 6.39. The average molecular weight is 260 g/mol. The molecule has 0 aliphatic rings. The summed E-state index contributed by atoms with van der Waals surface area (Å²) < 4.78 is 0. The molecule has 1 unspecified atom stereocenters. The summed E-state index contributed by atoms with van der Waals surface area (Å²) >= 11 is 0. The fourth-order valence-electron chi connectivity index (χ4n) is 1.50. The van der Waals surface area contributed by atoms with E-state index in [1.54, 1.807) is 11.8 Å². The number of nitrogens with zero attached hydrogens (tertiary/aromatic N) is 1. The molecule has 0 aliphatic heterocycles. The number of carbonyl (C=O) groups excluding carboxylic acids is 1. The quantitative estimate of drug-likeness (QED) is 0.578. The molecular weight excluding hydrogens is 236 g/mol. The number of aliphatic hydroxyl groups excluding tert-OH is 1. The molecule has 0 bridgehead atoms. The zero-order valence-corrected chi connectivity index (χ0v) is 11.2. The van der Waals surface area contributed by atoms with Gasteiger partial charge in [0.15, 0.2) is 0 Å². The van der Waals surface area contributed by atoms with Crippen molar-refractivity contribution in [2.24, 2.45) is 0 Å². The summed E-state index contributed by atoms with van der Waals surface area (Å²) in [5.74, 6) is -0.866. The van der Waals surface area contributed by atoms with E-state index < -0.39 is 5.97 Å². The zero-order chi connectivity index (χ0) is 14.0. The van der Waals surface area contributed by atoms with Gasteiger partial charge < -0.3 is 20.4 Å². The smallest absolute Gasteiger partial charge is 0.317 e. The van der Waals surface area contributed by atoms with E-state index in [0.29, 0.717) is 19.5 Å². The minimum absolute atomic E-state index is 0.0381. The van der Waals surface area contributed by atoms with Crippen molar-refractivity contribution in [3.63, 3.8) is 0 Å². The molecule has 18 heavy (non-hydrogen) atoms. The molecule has 6 nitrogen and oxygen atoms in total. The summed E-state index contributed by atoms with van der Waals surface area (Å²) in [6, 6.07) is -0.424. The third-order valence-corrected chi connectivity index (χ3v) is 2.60. The first-order chi connectivity index (χ1) is 8.51. The van der Waals surface area contributed by atoms with Crippen LogP contribution in [0.25, 0.3) is 0 Å². The highest BCUT2D eigenvalue weighted by Crippen LogP contribution is 2.00. The second-order valence-corrected chi connectivity index (χ2v) is 4.35. The summed E-state index contributed by atoms with van der Waals surface area (Å²) in [7, 11) is 0. The van der Waals surface area contributed by atoms with Crippen LogP contribution in [-0.2, 0) is 4.79 Å².